The third-order valence-corrected chi connectivity index (χ3v) is 3.04. The SMILES string of the molecule is CC(Nc1ncns1)c1ccsc1. The Balaban J connectivity index is 2.04. The normalized spacial score (nSPS) is 12.7. The number of aromatic nitrogens is 2. The number of hydrogen-bond acceptors (Lipinski definition) is 5. The van der Waals surface area contributed by atoms with Crippen LogP contribution in [0, 0.1) is 0 Å². The lowest BCUT2D eigenvalue weighted by Gasteiger charge is -2.09. The Labute approximate surface area is 84.6 Å². The zero-order valence-electron chi connectivity index (χ0n) is 7.10. The predicted octanol–water partition coefficient (Wildman–Crippen LogP) is 2.77. The third-order valence-electron chi connectivity index (χ3n) is 1.74. The molecule has 68 valence electrons. The summed E-state index contributed by atoms with van der Waals surface area (Å²) in [4.78, 5) is 4.07. The summed E-state index contributed by atoms with van der Waals surface area (Å²) in [5.41, 5.74) is 1.29. The van der Waals surface area contributed by atoms with Gasteiger partial charge in [0.2, 0.25) is 5.13 Å². The molecule has 0 aliphatic heterocycles. The first-order chi connectivity index (χ1) is 6.36. The summed E-state index contributed by atoms with van der Waals surface area (Å²) in [6, 6.07) is 2.42. The minimum absolute atomic E-state index is 0.305. The molecular formula is C8H9N3S2. The number of thiophene rings is 1. The fourth-order valence-corrected chi connectivity index (χ4v) is 2.30. The average Bonchev–Trinajstić information content (AvgIpc) is 2.74. The maximum absolute atomic E-state index is 4.07. The van der Waals surface area contributed by atoms with Crippen molar-refractivity contribution in [1.82, 2.24) is 9.36 Å². The van der Waals surface area contributed by atoms with E-state index in [4.69, 9.17) is 0 Å². The lowest BCUT2D eigenvalue weighted by atomic mass is 10.2. The van der Waals surface area contributed by atoms with Gasteiger partial charge in [0.15, 0.2) is 0 Å². The van der Waals surface area contributed by atoms with Crippen LogP contribution >= 0.6 is 22.9 Å². The van der Waals surface area contributed by atoms with Crippen molar-refractivity contribution in [2.75, 3.05) is 5.32 Å². The average molecular weight is 211 g/mol. The predicted molar refractivity (Wildman–Crippen MR) is 56.3 cm³/mol. The standard InChI is InChI=1S/C8H9N3S2/c1-6(7-2-3-12-4-7)11-8-9-5-10-13-8/h2-6H,1H3,(H,9,10,11). The Morgan fingerprint density at radius 2 is 2.46 bits per heavy atom. The van der Waals surface area contributed by atoms with E-state index in [1.165, 1.54) is 17.1 Å². The van der Waals surface area contributed by atoms with E-state index < -0.39 is 0 Å². The van der Waals surface area contributed by atoms with Crippen LogP contribution in [0.2, 0.25) is 0 Å². The molecular weight excluding hydrogens is 202 g/mol. The molecule has 2 aromatic heterocycles. The van der Waals surface area contributed by atoms with Crippen LogP contribution < -0.4 is 5.32 Å². The van der Waals surface area contributed by atoms with Crippen LogP contribution in [-0.4, -0.2) is 9.36 Å². The lowest BCUT2D eigenvalue weighted by molar-refractivity contribution is 0.887. The summed E-state index contributed by atoms with van der Waals surface area (Å²) >= 11 is 3.09. The number of hydrogen-bond donors (Lipinski definition) is 1. The largest absolute Gasteiger partial charge is 0.354 e. The number of nitrogens with one attached hydrogen (secondary N) is 1. The van der Waals surface area contributed by atoms with Crippen LogP contribution in [0.4, 0.5) is 5.13 Å². The summed E-state index contributed by atoms with van der Waals surface area (Å²) in [6.07, 6.45) is 1.56. The third kappa shape index (κ3) is 2.05. The molecule has 0 saturated carbocycles. The molecule has 1 N–H and O–H groups in total. The zero-order valence-corrected chi connectivity index (χ0v) is 8.73. The summed E-state index contributed by atoms with van der Waals surface area (Å²) in [5.74, 6) is 0. The smallest absolute Gasteiger partial charge is 0.202 e. The van der Waals surface area contributed by atoms with Crippen LogP contribution in [0.3, 0.4) is 0 Å². The molecule has 0 aliphatic carbocycles. The second kappa shape index (κ2) is 3.85. The van der Waals surface area contributed by atoms with Gasteiger partial charge in [0.1, 0.15) is 6.33 Å². The van der Waals surface area contributed by atoms with Crippen molar-refractivity contribution in [3.8, 4) is 0 Å². The first-order valence-corrected chi connectivity index (χ1v) is 5.63. The molecule has 0 spiro atoms. The second-order valence-corrected chi connectivity index (χ2v) is 4.23. The fraction of sp³-hybridized carbons (Fsp3) is 0.250. The van der Waals surface area contributed by atoms with Crippen molar-refractivity contribution in [3.63, 3.8) is 0 Å². The van der Waals surface area contributed by atoms with Gasteiger partial charge in [-0.25, -0.2) is 4.98 Å². The van der Waals surface area contributed by atoms with E-state index >= 15 is 0 Å². The highest BCUT2D eigenvalue weighted by atomic mass is 32.1. The minimum Gasteiger partial charge on any atom is -0.354 e. The van der Waals surface area contributed by atoms with Gasteiger partial charge in [-0.1, -0.05) is 0 Å². The van der Waals surface area contributed by atoms with Gasteiger partial charge in [0.05, 0.1) is 6.04 Å². The molecule has 2 rings (SSSR count). The van der Waals surface area contributed by atoms with Crippen molar-refractivity contribution in [2.45, 2.75) is 13.0 Å². The molecule has 0 aromatic carbocycles. The van der Waals surface area contributed by atoms with Crippen molar-refractivity contribution in [1.29, 1.82) is 0 Å². The molecule has 0 radical (unpaired) electrons. The van der Waals surface area contributed by atoms with E-state index in [1.54, 1.807) is 17.7 Å². The van der Waals surface area contributed by atoms with E-state index in [-0.39, 0.29) is 0 Å². The number of rotatable bonds is 3. The van der Waals surface area contributed by atoms with E-state index in [1.807, 2.05) is 0 Å². The molecule has 1 atom stereocenters. The monoisotopic (exact) mass is 211 g/mol. The van der Waals surface area contributed by atoms with Crippen molar-refractivity contribution in [2.24, 2.45) is 0 Å². The highest BCUT2D eigenvalue weighted by Crippen LogP contribution is 2.21. The van der Waals surface area contributed by atoms with Crippen LogP contribution in [0.25, 0.3) is 0 Å². The Kier molecular flexibility index (Phi) is 2.56. The second-order valence-electron chi connectivity index (χ2n) is 2.67. The maximum Gasteiger partial charge on any atom is 0.202 e. The summed E-state index contributed by atoms with van der Waals surface area (Å²) in [5, 5.41) is 8.36. The van der Waals surface area contributed by atoms with Gasteiger partial charge in [-0.3, -0.25) is 0 Å². The highest BCUT2D eigenvalue weighted by molar-refractivity contribution is 7.09. The van der Waals surface area contributed by atoms with Gasteiger partial charge in [0, 0.05) is 11.5 Å². The molecule has 1 unspecified atom stereocenters. The molecule has 0 bridgehead atoms. The van der Waals surface area contributed by atoms with Gasteiger partial charge in [0.25, 0.3) is 0 Å². The van der Waals surface area contributed by atoms with Gasteiger partial charge >= 0.3 is 0 Å². The summed E-state index contributed by atoms with van der Waals surface area (Å²) < 4.78 is 3.93. The Morgan fingerprint density at radius 1 is 1.54 bits per heavy atom. The van der Waals surface area contributed by atoms with E-state index in [0.29, 0.717) is 6.04 Å². The molecule has 0 aliphatic rings. The van der Waals surface area contributed by atoms with Gasteiger partial charge in [-0.05, 0) is 29.3 Å². The van der Waals surface area contributed by atoms with Gasteiger partial charge in [-0.15, -0.1) is 0 Å². The van der Waals surface area contributed by atoms with Gasteiger partial charge < -0.3 is 5.32 Å². The van der Waals surface area contributed by atoms with Crippen LogP contribution in [-0.2, 0) is 0 Å². The molecule has 0 amide bonds. The molecule has 3 nitrogen and oxygen atoms in total. The van der Waals surface area contributed by atoms with Crippen molar-refractivity contribution in [3.05, 3.63) is 28.7 Å². The molecule has 2 aromatic rings. The van der Waals surface area contributed by atoms with E-state index in [2.05, 4.69) is 38.4 Å². The van der Waals surface area contributed by atoms with Crippen LogP contribution in [0.5, 0.6) is 0 Å². The Bertz CT molecular complexity index is 341. The van der Waals surface area contributed by atoms with E-state index in [9.17, 15) is 0 Å². The highest BCUT2D eigenvalue weighted by Gasteiger charge is 2.06. The van der Waals surface area contributed by atoms with E-state index in [0.717, 1.165) is 5.13 Å². The Hall–Kier alpha value is -0.940. The number of anilines is 1. The molecule has 13 heavy (non-hydrogen) atoms. The Morgan fingerprint density at radius 3 is 3.08 bits per heavy atom. The van der Waals surface area contributed by atoms with Crippen molar-refractivity contribution >= 4 is 28.0 Å². The van der Waals surface area contributed by atoms with Crippen LogP contribution in [0.1, 0.15) is 18.5 Å². The van der Waals surface area contributed by atoms with Crippen LogP contribution in [0.15, 0.2) is 23.2 Å². The van der Waals surface area contributed by atoms with Gasteiger partial charge in [-0.2, -0.15) is 15.7 Å². The zero-order chi connectivity index (χ0) is 9.10. The topological polar surface area (TPSA) is 37.8 Å². The minimum atomic E-state index is 0.305. The number of nitrogens with zero attached hydrogens (tertiary/aromatic N) is 2. The molecule has 0 saturated heterocycles. The maximum atomic E-state index is 4.07. The first kappa shape index (κ1) is 8.65. The summed E-state index contributed by atoms with van der Waals surface area (Å²) in [6.45, 7) is 2.11. The molecule has 2 heterocycles. The summed E-state index contributed by atoms with van der Waals surface area (Å²) in [7, 11) is 0. The quantitative estimate of drug-likeness (QED) is 0.848. The fourth-order valence-electron chi connectivity index (χ4n) is 1.03. The molecule has 5 heteroatoms. The first-order valence-electron chi connectivity index (χ1n) is 3.91. The lowest BCUT2D eigenvalue weighted by Crippen LogP contribution is -2.04. The van der Waals surface area contributed by atoms with Crippen molar-refractivity contribution < 1.29 is 0 Å². The molecule has 0 fully saturated rings.